The standard InChI is InChI=1S/C31H33N5O5S/c1-21-4-11-26(12-5-21)42(39,40)41-36(24-8-9-24)30(37)23-7-6-22(2)29(18-23)35-20-32-28-13-10-25(19-27(28)31(35)38)34-16-14-33(3)15-17-34/h4-7,10-13,18-20,24H,8-9,14-17H2,1-3H3. The molecule has 0 N–H and O–H groups in total. The van der Waals surface area contributed by atoms with Crippen LogP contribution in [-0.4, -0.2) is 73.1 Å². The number of aromatic nitrogens is 2. The van der Waals surface area contributed by atoms with Crippen molar-refractivity contribution in [2.24, 2.45) is 0 Å². The summed E-state index contributed by atoms with van der Waals surface area (Å²) in [6, 6.07) is 16.6. The maximum Gasteiger partial charge on any atom is 0.317 e. The van der Waals surface area contributed by atoms with Gasteiger partial charge in [0.05, 0.1) is 27.5 Å². The van der Waals surface area contributed by atoms with Crippen molar-refractivity contribution in [1.82, 2.24) is 19.5 Å². The summed E-state index contributed by atoms with van der Waals surface area (Å²) in [5.41, 5.74) is 3.68. The number of carbonyl (C=O) groups is 1. The van der Waals surface area contributed by atoms with Crippen molar-refractivity contribution in [1.29, 1.82) is 0 Å². The molecule has 1 aromatic heterocycles. The van der Waals surface area contributed by atoms with E-state index in [1.54, 1.807) is 30.3 Å². The highest BCUT2D eigenvalue weighted by atomic mass is 32.2. The number of aryl methyl sites for hydroxylation is 2. The molecule has 2 heterocycles. The highest BCUT2D eigenvalue weighted by Gasteiger charge is 2.38. The minimum Gasteiger partial charge on any atom is -0.369 e. The Morgan fingerprint density at radius 2 is 1.67 bits per heavy atom. The monoisotopic (exact) mass is 587 g/mol. The quantitative estimate of drug-likeness (QED) is 0.302. The van der Waals surface area contributed by atoms with Gasteiger partial charge >= 0.3 is 10.1 Å². The molecule has 218 valence electrons. The molecule has 42 heavy (non-hydrogen) atoms. The zero-order valence-electron chi connectivity index (χ0n) is 23.9. The number of nitrogens with zero attached hydrogens (tertiary/aromatic N) is 5. The first-order valence-corrected chi connectivity index (χ1v) is 15.4. The molecule has 1 aliphatic heterocycles. The Kier molecular flexibility index (Phi) is 7.34. The topological polar surface area (TPSA) is 105 Å². The first kappa shape index (κ1) is 28.1. The smallest absolute Gasteiger partial charge is 0.317 e. The molecule has 0 atom stereocenters. The Hall–Kier alpha value is -4.06. The van der Waals surface area contributed by atoms with E-state index in [0.29, 0.717) is 29.4 Å². The maximum atomic E-state index is 13.8. The molecule has 1 saturated heterocycles. The Balaban J connectivity index is 1.33. The van der Waals surface area contributed by atoms with Crippen LogP contribution in [0, 0.1) is 13.8 Å². The Morgan fingerprint density at radius 1 is 0.952 bits per heavy atom. The molecule has 1 amide bonds. The summed E-state index contributed by atoms with van der Waals surface area (Å²) in [4.78, 5) is 36.5. The molecule has 0 spiro atoms. The molecular weight excluding hydrogens is 554 g/mol. The number of likely N-dealkylation sites (N-methyl/N-ethyl adjacent to an activating group) is 1. The van der Waals surface area contributed by atoms with E-state index in [0.717, 1.165) is 48.1 Å². The van der Waals surface area contributed by atoms with Crippen LogP contribution in [0.3, 0.4) is 0 Å². The molecule has 2 aliphatic rings. The zero-order chi connectivity index (χ0) is 29.6. The predicted octanol–water partition coefficient (Wildman–Crippen LogP) is 3.68. The number of rotatable bonds is 7. The van der Waals surface area contributed by atoms with Crippen molar-refractivity contribution in [2.45, 2.75) is 37.6 Å². The molecule has 0 unspecified atom stereocenters. The van der Waals surface area contributed by atoms with Crippen molar-refractivity contribution in [3.05, 3.63) is 94.0 Å². The average molecular weight is 588 g/mol. The van der Waals surface area contributed by atoms with Gasteiger partial charge in [-0.25, -0.2) is 4.98 Å². The second kappa shape index (κ2) is 11.0. The van der Waals surface area contributed by atoms with E-state index in [1.807, 2.05) is 32.0 Å². The fourth-order valence-electron chi connectivity index (χ4n) is 5.10. The summed E-state index contributed by atoms with van der Waals surface area (Å²) >= 11 is 0. The Labute approximate surface area is 244 Å². The fourth-order valence-corrected chi connectivity index (χ4v) is 6.05. The van der Waals surface area contributed by atoms with Gasteiger partial charge in [-0.15, -0.1) is 4.28 Å². The SMILES string of the molecule is Cc1ccc(S(=O)(=O)ON(C(=O)c2ccc(C)c(-n3cnc4ccc(N5CCN(C)CC5)cc4c3=O)c2)C2CC2)cc1. The van der Waals surface area contributed by atoms with Crippen molar-refractivity contribution in [2.75, 3.05) is 38.1 Å². The molecule has 11 heteroatoms. The third-order valence-electron chi connectivity index (χ3n) is 7.89. The van der Waals surface area contributed by atoms with Crippen LogP contribution in [0.1, 0.15) is 34.3 Å². The number of carbonyl (C=O) groups excluding carboxylic acids is 1. The van der Waals surface area contributed by atoms with Gasteiger partial charge in [0, 0.05) is 37.4 Å². The minimum atomic E-state index is -4.22. The largest absolute Gasteiger partial charge is 0.369 e. The van der Waals surface area contributed by atoms with E-state index in [-0.39, 0.29) is 22.1 Å². The lowest BCUT2D eigenvalue weighted by atomic mass is 10.1. The van der Waals surface area contributed by atoms with Gasteiger partial charge in [0.25, 0.3) is 11.5 Å². The molecule has 1 aliphatic carbocycles. The number of hydrogen-bond donors (Lipinski definition) is 0. The lowest BCUT2D eigenvalue weighted by molar-refractivity contribution is -0.0341. The number of amides is 1. The summed E-state index contributed by atoms with van der Waals surface area (Å²) < 4.78 is 32.9. The van der Waals surface area contributed by atoms with E-state index in [4.69, 9.17) is 4.28 Å². The maximum absolute atomic E-state index is 13.8. The Morgan fingerprint density at radius 3 is 2.36 bits per heavy atom. The van der Waals surface area contributed by atoms with Crippen LogP contribution in [0.25, 0.3) is 16.6 Å². The first-order chi connectivity index (χ1) is 20.1. The summed E-state index contributed by atoms with van der Waals surface area (Å²) in [5.74, 6) is -0.589. The second-order valence-corrected chi connectivity index (χ2v) is 12.6. The molecule has 0 bridgehead atoms. The molecular formula is C31H33N5O5S. The number of hydrogen-bond acceptors (Lipinski definition) is 8. The lowest BCUT2D eigenvalue weighted by Crippen LogP contribution is -2.44. The number of piperazine rings is 1. The number of anilines is 1. The predicted molar refractivity (Wildman–Crippen MR) is 160 cm³/mol. The van der Waals surface area contributed by atoms with Gasteiger partial charge in [-0.2, -0.15) is 13.5 Å². The van der Waals surface area contributed by atoms with E-state index in [2.05, 4.69) is 21.8 Å². The molecule has 0 radical (unpaired) electrons. The second-order valence-electron chi connectivity index (χ2n) is 11.1. The van der Waals surface area contributed by atoms with Crippen LogP contribution < -0.4 is 10.5 Å². The van der Waals surface area contributed by atoms with Gasteiger partial charge in [0.2, 0.25) is 0 Å². The third-order valence-corrected chi connectivity index (χ3v) is 9.10. The van der Waals surface area contributed by atoms with Gasteiger partial charge in [0.15, 0.2) is 0 Å². The van der Waals surface area contributed by atoms with Gasteiger partial charge < -0.3 is 9.80 Å². The van der Waals surface area contributed by atoms with Crippen LogP contribution in [0.5, 0.6) is 0 Å². The van der Waals surface area contributed by atoms with E-state index >= 15 is 0 Å². The van der Waals surface area contributed by atoms with Crippen molar-refractivity contribution in [3.8, 4) is 5.69 Å². The third kappa shape index (κ3) is 5.55. The molecule has 10 nitrogen and oxygen atoms in total. The van der Waals surface area contributed by atoms with E-state index in [1.165, 1.54) is 23.0 Å². The molecule has 2 fully saturated rings. The first-order valence-electron chi connectivity index (χ1n) is 14.0. The Bertz CT molecular complexity index is 1830. The molecule has 3 aromatic carbocycles. The fraction of sp³-hybridized carbons (Fsp3) is 0.323. The highest BCUT2D eigenvalue weighted by Crippen LogP contribution is 2.31. The number of hydroxylamine groups is 2. The van der Waals surface area contributed by atoms with Crippen LogP contribution >= 0.6 is 0 Å². The van der Waals surface area contributed by atoms with E-state index < -0.39 is 16.0 Å². The zero-order valence-corrected chi connectivity index (χ0v) is 24.7. The summed E-state index contributed by atoms with van der Waals surface area (Å²) in [7, 11) is -2.12. The highest BCUT2D eigenvalue weighted by molar-refractivity contribution is 7.86. The summed E-state index contributed by atoms with van der Waals surface area (Å²) in [6.07, 6.45) is 2.74. The summed E-state index contributed by atoms with van der Waals surface area (Å²) in [5, 5.41) is 1.44. The molecule has 4 aromatic rings. The number of fused-ring (bicyclic) bond motifs is 1. The number of benzene rings is 3. The van der Waals surface area contributed by atoms with Crippen LogP contribution in [0.4, 0.5) is 5.69 Å². The van der Waals surface area contributed by atoms with Crippen LogP contribution in [0.2, 0.25) is 0 Å². The average Bonchev–Trinajstić information content (AvgIpc) is 3.83. The normalized spacial score (nSPS) is 16.1. The minimum absolute atomic E-state index is 0.0270. The molecule has 6 rings (SSSR count). The van der Waals surface area contributed by atoms with Crippen molar-refractivity contribution in [3.63, 3.8) is 0 Å². The van der Waals surface area contributed by atoms with E-state index in [9.17, 15) is 18.0 Å². The molecule has 1 saturated carbocycles. The summed E-state index contributed by atoms with van der Waals surface area (Å²) in [6.45, 7) is 7.34. The van der Waals surface area contributed by atoms with Crippen LogP contribution in [-0.2, 0) is 14.4 Å². The van der Waals surface area contributed by atoms with Crippen molar-refractivity contribution < 1.29 is 17.5 Å². The van der Waals surface area contributed by atoms with Gasteiger partial charge in [0.1, 0.15) is 6.33 Å². The van der Waals surface area contributed by atoms with Crippen LogP contribution in [0.15, 0.2) is 76.7 Å². The van der Waals surface area contributed by atoms with Crippen molar-refractivity contribution >= 4 is 32.6 Å². The van der Waals surface area contributed by atoms with Gasteiger partial charge in [-0.3, -0.25) is 14.2 Å². The lowest BCUT2D eigenvalue weighted by Gasteiger charge is -2.34. The van der Waals surface area contributed by atoms with Gasteiger partial charge in [-0.05, 0) is 81.8 Å². The van der Waals surface area contributed by atoms with Gasteiger partial charge in [-0.1, -0.05) is 23.8 Å².